The van der Waals surface area contributed by atoms with Gasteiger partial charge in [-0.2, -0.15) is 0 Å². The van der Waals surface area contributed by atoms with Crippen LogP contribution in [0, 0.1) is 6.92 Å². The predicted octanol–water partition coefficient (Wildman–Crippen LogP) is 6.32. The number of aromatic nitrogens is 3. The molecule has 36 heavy (non-hydrogen) atoms. The number of nitrogens with one attached hydrogen (secondary N) is 1. The lowest BCUT2D eigenvalue weighted by molar-refractivity contribution is -0.115. The first-order chi connectivity index (χ1) is 17.6. The maximum Gasteiger partial charge on any atom is 0.242 e. The molecular weight excluding hydrogens is 472 g/mol. The first-order valence-corrected chi connectivity index (χ1v) is 12.2. The van der Waals surface area contributed by atoms with Gasteiger partial charge in [0, 0.05) is 17.4 Å². The van der Waals surface area contributed by atoms with Gasteiger partial charge in [-0.1, -0.05) is 66.4 Å². The largest absolute Gasteiger partial charge is 0.497 e. The number of methoxy groups -OCH3 is 1. The zero-order valence-corrected chi connectivity index (χ0v) is 20.6. The van der Waals surface area contributed by atoms with Crippen LogP contribution in [0.25, 0.3) is 17.1 Å². The van der Waals surface area contributed by atoms with E-state index >= 15 is 0 Å². The molecule has 8 heteroatoms. The fourth-order valence-corrected chi connectivity index (χ4v) is 4.92. The molecule has 3 aromatic carbocycles. The molecule has 0 saturated carbocycles. The monoisotopic (exact) mass is 496 g/mol. The van der Waals surface area contributed by atoms with Crippen molar-refractivity contribution < 1.29 is 13.9 Å². The molecular formula is C28H24N4O3S. The minimum Gasteiger partial charge on any atom is -0.497 e. The average molecular weight is 497 g/mol. The van der Waals surface area contributed by atoms with Gasteiger partial charge in [0.1, 0.15) is 16.8 Å². The molecule has 0 fully saturated rings. The summed E-state index contributed by atoms with van der Waals surface area (Å²) in [6.07, 6.45) is 1.63. The Labute approximate surface area is 213 Å². The van der Waals surface area contributed by atoms with Gasteiger partial charge in [-0.15, -0.1) is 10.2 Å². The highest BCUT2D eigenvalue weighted by Gasteiger charge is 2.27. The van der Waals surface area contributed by atoms with E-state index in [4.69, 9.17) is 9.15 Å². The zero-order valence-electron chi connectivity index (χ0n) is 19.8. The summed E-state index contributed by atoms with van der Waals surface area (Å²) in [7, 11) is 1.60. The van der Waals surface area contributed by atoms with E-state index < -0.39 is 5.25 Å². The SMILES string of the molecule is COc1cccc(NC(=O)C(Sc2nnc(-c3ccoc3C)n2-c2ccccc2)c2ccccc2)c1. The third kappa shape index (κ3) is 4.89. The van der Waals surface area contributed by atoms with Crippen LogP contribution in [0.2, 0.25) is 0 Å². The summed E-state index contributed by atoms with van der Waals surface area (Å²) in [6.45, 7) is 1.89. The quantitative estimate of drug-likeness (QED) is 0.253. The molecule has 1 amide bonds. The van der Waals surface area contributed by atoms with Gasteiger partial charge in [0.25, 0.3) is 0 Å². The van der Waals surface area contributed by atoms with Gasteiger partial charge >= 0.3 is 0 Å². The number of carbonyl (C=O) groups excluding carboxylic acids is 1. The first-order valence-electron chi connectivity index (χ1n) is 11.4. The molecule has 0 aliphatic rings. The Kier molecular flexibility index (Phi) is 6.86. The van der Waals surface area contributed by atoms with E-state index in [9.17, 15) is 4.79 Å². The molecule has 0 aliphatic carbocycles. The van der Waals surface area contributed by atoms with Gasteiger partial charge in [0.2, 0.25) is 5.91 Å². The van der Waals surface area contributed by atoms with Crippen LogP contribution in [-0.4, -0.2) is 27.8 Å². The summed E-state index contributed by atoms with van der Waals surface area (Å²) in [4.78, 5) is 13.6. The molecule has 0 radical (unpaired) electrons. The number of furan rings is 1. The first kappa shape index (κ1) is 23.4. The van der Waals surface area contributed by atoms with E-state index in [1.807, 2.05) is 96.4 Å². The van der Waals surface area contributed by atoms with Crippen molar-refractivity contribution in [2.75, 3.05) is 12.4 Å². The van der Waals surface area contributed by atoms with Crippen LogP contribution >= 0.6 is 11.8 Å². The number of nitrogens with zero attached hydrogens (tertiary/aromatic N) is 3. The summed E-state index contributed by atoms with van der Waals surface area (Å²) in [5.74, 6) is 1.88. The van der Waals surface area contributed by atoms with Crippen molar-refractivity contribution in [3.8, 4) is 22.8 Å². The maximum absolute atomic E-state index is 13.6. The van der Waals surface area contributed by atoms with Gasteiger partial charge in [-0.25, -0.2) is 0 Å². The minimum absolute atomic E-state index is 0.178. The molecule has 0 saturated heterocycles. The normalized spacial score (nSPS) is 11.7. The second kappa shape index (κ2) is 10.5. The topological polar surface area (TPSA) is 82.2 Å². The van der Waals surface area contributed by atoms with Crippen molar-refractivity contribution in [2.24, 2.45) is 0 Å². The molecule has 1 atom stereocenters. The van der Waals surface area contributed by atoms with Crippen LogP contribution in [0.5, 0.6) is 5.75 Å². The van der Waals surface area contributed by atoms with Crippen molar-refractivity contribution in [3.63, 3.8) is 0 Å². The lowest BCUT2D eigenvalue weighted by Crippen LogP contribution is -2.19. The van der Waals surface area contributed by atoms with Crippen molar-refractivity contribution in [2.45, 2.75) is 17.3 Å². The van der Waals surface area contributed by atoms with E-state index in [1.165, 1.54) is 11.8 Å². The number of benzene rings is 3. The smallest absolute Gasteiger partial charge is 0.242 e. The summed E-state index contributed by atoms with van der Waals surface area (Å²) in [6, 6.07) is 28.7. The van der Waals surface area contributed by atoms with Crippen molar-refractivity contribution in [1.82, 2.24) is 14.8 Å². The highest BCUT2D eigenvalue weighted by atomic mass is 32.2. The summed E-state index contributed by atoms with van der Waals surface area (Å²) >= 11 is 1.34. The fraction of sp³-hybridized carbons (Fsp3) is 0.107. The van der Waals surface area contributed by atoms with Crippen LogP contribution in [0.3, 0.4) is 0 Å². The lowest BCUT2D eigenvalue weighted by Gasteiger charge is -2.18. The van der Waals surface area contributed by atoms with Gasteiger partial charge in [-0.05, 0) is 42.8 Å². The highest BCUT2D eigenvalue weighted by Crippen LogP contribution is 2.39. The standard InChI is InChI=1S/C28H24N4O3S/c1-19-24(16-17-35-19)26-30-31-28(32(26)22-13-7-4-8-14-22)36-25(20-10-5-3-6-11-20)27(33)29-21-12-9-15-23(18-21)34-2/h3-18,25H,1-2H3,(H,29,33). The van der Waals surface area contributed by atoms with Crippen LogP contribution in [0.4, 0.5) is 5.69 Å². The number of hydrogen-bond donors (Lipinski definition) is 1. The summed E-state index contributed by atoms with van der Waals surface area (Å²) in [5, 5.41) is 12.0. The fourth-order valence-electron chi connectivity index (χ4n) is 3.86. The van der Waals surface area contributed by atoms with Crippen molar-refractivity contribution in [3.05, 3.63) is 109 Å². The Bertz CT molecular complexity index is 1460. The van der Waals surface area contributed by atoms with Crippen LogP contribution in [0.15, 0.2) is 107 Å². The molecule has 0 bridgehead atoms. The summed E-state index contributed by atoms with van der Waals surface area (Å²) < 4.78 is 12.8. The third-order valence-corrected chi connectivity index (χ3v) is 6.85. The third-order valence-electron chi connectivity index (χ3n) is 5.65. The molecule has 5 aromatic rings. The van der Waals surface area contributed by atoms with Crippen LogP contribution in [-0.2, 0) is 4.79 Å². The predicted molar refractivity (Wildman–Crippen MR) is 140 cm³/mol. The number of anilines is 1. The molecule has 1 unspecified atom stereocenters. The number of thioether (sulfide) groups is 1. The molecule has 7 nitrogen and oxygen atoms in total. The van der Waals surface area contributed by atoms with Crippen molar-refractivity contribution >= 4 is 23.4 Å². The van der Waals surface area contributed by atoms with Gasteiger partial charge < -0.3 is 14.5 Å². The number of rotatable bonds is 8. The zero-order chi connectivity index (χ0) is 24.9. The van der Waals surface area contributed by atoms with Crippen LogP contribution < -0.4 is 10.1 Å². The molecule has 0 spiro atoms. The lowest BCUT2D eigenvalue weighted by atomic mass is 10.1. The number of aryl methyl sites for hydroxylation is 1. The molecule has 2 heterocycles. The number of hydrogen-bond acceptors (Lipinski definition) is 6. The number of amides is 1. The van der Waals surface area contributed by atoms with Crippen LogP contribution in [0.1, 0.15) is 16.6 Å². The van der Waals surface area contributed by atoms with E-state index in [0.29, 0.717) is 22.4 Å². The number of ether oxygens (including phenoxy) is 1. The average Bonchev–Trinajstić information content (AvgIpc) is 3.53. The van der Waals surface area contributed by atoms with E-state index in [0.717, 1.165) is 22.6 Å². The molecule has 1 N–H and O–H groups in total. The number of carbonyl (C=O) groups is 1. The Balaban J connectivity index is 1.55. The molecule has 2 aromatic heterocycles. The minimum atomic E-state index is -0.581. The van der Waals surface area contributed by atoms with E-state index in [2.05, 4.69) is 15.5 Å². The molecule has 5 rings (SSSR count). The Hall–Kier alpha value is -4.30. The van der Waals surface area contributed by atoms with Gasteiger partial charge in [-0.3, -0.25) is 9.36 Å². The Morgan fingerprint density at radius 3 is 2.42 bits per heavy atom. The maximum atomic E-state index is 13.6. The highest BCUT2D eigenvalue weighted by molar-refractivity contribution is 8.00. The summed E-state index contributed by atoms with van der Waals surface area (Å²) in [5.41, 5.74) is 3.24. The molecule has 180 valence electrons. The second-order valence-corrected chi connectivity index (χ2v) is 9.07. The Morgan fingerprint density at radius 2 is 1.72 bits per heavy atom. The second-order valence-electron chi connectivity index (χ2n) is 8.00. The van der Waals surface area contributed by atoms with E-state index in [-0.39, 0.29) is 5.91 Å². The van der Waals surface area contributed by atoms with Gasteiger partial charge in [0.15, 0.2) is 11.0 Å². The number of para-hydroxylation sites is 1. The van der Waals surface area contributed by atoms with Crippen molar-refractivity contribution in [1.29, 1.82) is 0 Å². The van der Waals surface area contributed by atoms with E-state index in [1.54, 1.807) is 19.4 Å². The van der Waals surface area contributed by atoms with Gasteiger partial charge in [0.05, 0.1) is 18.9 Å². The molecule has 0 aliphatic heterocycles. The Morgan fingerprint density at radius 1 is 0.972 bits per heavy atom.